The maximum atomic E-state index is 12.6. The number of hydrogen-bond donors (Lipinski definition) is 1. The summed E-state index contributed by atoms with van der Waals surface area (Å²) in [5.41, 5.74) is 6.98. The van der Waals surface area contributed by atoms with Crippen molar-refractivity contribution >= 4 is 29.1 Å². The number of likely N-dealkylation sites (N-methyl/N-ethyl adjacent to an activating group) is 1. The summed E-state index contributed by atoms with van der Waals surface area (Å²) >= 11 is 6.05. The molecule has 8 heteroatoms. The van der Waals surface area contributed by atoms with Crippen molar-refractivity contribution in [2.45, 2.75) is 6.92 Å². The zero-order chi connectivity index (χ0) is 16.7. The highest BCUT2D eigenvalue weighted by Crippen LogP contribution is 2.33. The topological polar surface area (TPSA) is 82.8 Å². The fraction of sp³-hybridized carbons (Fsp3) is 0.533. The van der Waals surface area contributed by atoms with Crippen LogP contribution in [0, 0.1) is 6.92 Å². The van der Waals surface area contributed by atoms with Crippen LogP contribution < -0.4 is 5.73 Å². The number of halogens is 1. The maximum absolute atomic E-state index is 12.6. The van der Waals surface area contributed by atoms with Gasteiger partial charge in [0.1, 0.15) is 5.15 Å². The highest BCUT2D eigenvalue weighted by molar-refractivity contribution is 6.37. The van der Waals surface area contributed by atoms with E-state index >= 15 is 0 Å². The number of aromatic nitrogens is 1. The number of nitrogens with two attached hydrogens (primary N) is 1. The van der Waals surface area contributed by atoms with Gasteiger partial charge in [-0.2, -0.15) is 0 Å². The second-order valence-corrected chi connectivity index (χ2v) is 6.42. The number of rotatable bonds is 3. The molecule has 2 aliphatic heterocycles. The van der Waals surface area contributed by atoms with Crippen molar-refractivity contribution in [1.82, 2.24) is 19.7 Å². The molecule has 124 valence electrons. The first-order valence-electron chi connectivity index (χ1n) is 7.62. The second-order valence-electron chi connectivity index (χ2n) is 6.06. The number of anilines is 1. The van der Waals surface area contributed by atoms with Crippen molar-refractivity contribution in [1.29, 1.82) is 0 Å². The fourth-order valence-electron chi connectivity index (χ4n) is 2.98. The number of nitrogen functional groups attached to an aromatic ring is 1. The summed E-state index contributed by atoms with van der Waals surface area (Å²) in [5, 5.41) is 0.0483. The largest absolute Gasteiger partial charge is 0.397 e. The Morgan fingerprint density at radius 2 is 1.70 bits per heavy atom. The van der Waals surface area contributed by atoms with Gasteiger partial charge in [0.15, 0.2) is 0 Å². The normalized spacial score (nSPS) is 19.5. The third-order valence-corrected chi connectivity index (χ3v) is 4.81. The number of piperazine rings is 1. The highest BCUT2D eigenvalue weighted by atomic mass is 35.5. The minimum atomic E-state index is -0.400. The molecule has 3 rings (SSSR count). The van der Waals surface area contributed by atoms with Crippen LogP contribution in [0.25, 0.3) is 0 Å². The zero-order valence-electron chi connectivity index (χ0n) is 13.3. The van der Waals surface area contributed by atoms with E-state index in [-0.39, 0.29) is 27.9 Å². The van der Waals surface area contributed by atoms with Gasteiger partial charge in [0.2, 0.25) is 0 Å². The van der Waals surface area contributed by atoms with Gasteiger partial charge < -0.3 is 10.6 Å². The Labute approximate surface area is 140 Å². The molecule has 0 atom stereocenters. The molecule has 0 aromatic carbocycles. The van der Waals surface area contributed by atoms with Crippen LogP contribution in [-0.4, -0.2) is 77.8 Å². The number of fused-ring (bicyclic) bond motifs is 1. The lowest BCUT2D eigenvalue weighted by molar-refractivity contribution is 0.0621. The number of carbonyl (C=O) groups excluding carboxylic acids is 2. The summed E-state index contributed by atoms with van der Waals surface area (Å²) in [6, 6.07) is 0. The molecule has 1 aromatic rings. The maximum Gasteiger partial charge on any atom is 0.264 e. The van der Waals surface area contributed by atoms with Crippen LogP contribution >= 0.6 is 11.6 Å². The number of aryl methyl sites for hydroxylation is 1. The smallest absolute Gasteiger partial charge is 0.264 e. The minimum Gasteiger partial charge on any atom is -0.397 e. The average Bonchev–Trinajstić information content (AvgIpc) is 2.76. The molecule has 7 nitrogen and oxygen atoms in total. The molecule has 0 spiro atoms. The Morgan fingerprint density at radius 1 is 1.09 bits per heavy atom. The number of hydrogen-bond acceptors (Lipinski definition) is 6. The summed E-state index contributed by atoms with van der Waals surface area (Å²) < 4.78 is 0. The van der Waals surface area contributed by atoms with Gasteiger partial charge in [-0.15, -0.1) is 0 Å². The van der Waals surface area contributed by atoms with Gasteiger partial charge in [0.25, 0.3) is 11.8 Å². The summed E-state index contributed by atoms with van der Waals surface area (Å²) in [6.45, 7) is 6.51. The molecule has 2 amide bonds. The van der Waals surface area contributed by atoms with Crippen LogP contribution in [-0.2, 0) is 0 Å². The molecule has 0 saturated carbocycles. The van der Waals surface area contributed by atoms with E-state index in [4.69, 9.17) is 17.3 Å². The van der Waals surface area contributed by atoms with Crippen LogP contribution in [0.3, 0.4) is 0 Å². The molecule has 2 aliphatic rings. The van der Waals surface area contributed by atoms with Crippen LogP contribution in [0.5, 0.6) is 0 Å². The van der Waals surface area contributed by atoms with Crippen molar-refractivity contribution in [2.75, 3.05) is 52.0 Å². The van der Waals surface area contributed by atoms with Crippen molar-refractivity contribution in [2.24, 2.45) is 0 Å². The molecule has 0 unspecified atom stereocenters. The lowest BCUT2D eigenvalue weighted by atomic mass is 10.1. The standard InChI is InChI=1S/C15H20ClN5O2/c1-9-12(17)10-11(13(16)18-9)15(23)21(14(10)22)8-7-20-5-3-19(2)4-6-20/h3-8,17H2,1-2H3. The molecule has 23 heavy (non-hydrogen) atoms. The van der Waals surface area contributed by atoms with Crippen molar-refractivity contribution in [3.63, 3.8) is 0 Å². The molecule has 0 radical (unpaired) electrons. The predicted octanol–water partition coefficient (Wildman–Crippen LogP) is 0.469. The van der Waals surface area contributed by atoms with E-state index in [1.54, 1.807) is 6.92 Å². The molecular formula is C15H20ClN5O2. The van der Waals surface area contributed by atoms with Gasteiger partial charge in [-0.25, -0.2) is 4.98 Å². The molecule has 1 fully saturated rings. The predicted molar refractivity (Wildman–Crippen MR) is 87.7 cm³/mol. The van der Waals surface area contributed by atoms with Crippen molar-refractivity contribution in [3.8, 4) is 0 Å². The third-order valence-electron chi connectivity index (χ3n) is 4.54. The van der Waals surface area contributed by atoms with Crippen LogP contribution in [0.4, 0.5) is 5.69 Å². The lowest BCUT2D eigenvalue weighted by Gasteiger charge is -2.33. The Hall–Kier alpha value is -1.70. The Morgan fingerprint density at radius 3 is 2.35 bits per heavy atom. The van der Waals surface area contributed by atoms with E-state index in [1.807, 2.05) is 0 Å². The highest BCUT2D eigenvalue weighted by Gasteiger charge is 2.40. The minimum absolute atomic E-state index is 0.0483. The van der Waals surface area contributed by atoms with E-state index < -0.39 is 5.91 Å². The second kappa shape index (κ2) is 6.07. The van der Waals surface area contributed by atoms with E-state index in [0.717, 1.165) is 26.2 Å². The van der Waals surface area contributed by atoms with Crippen LogP contribution in [0.2, 0.25) is 5.15 Å². The molecule has 1 saturated heterocycles. The molecule has 0 aliphatic carbocycles. The first kappa shape index (κ1) is 16.2. The van der Waals surface area contributed by atoms with Gasteiger partial charge in [-0.3, -0.25) is 19.4 Å². The van der Waals surface area contributed by atoms with E-state index in [1.165, 1.54) is 4.90 Å². The van der Waals surface area contributed by atoms with E-state index in [2.05, 4.69) is 21.8 Å². The SMILES string of the molecule is Cc1nc(Cl)c2c(c1N)C(=O)N(CCN1CCN(C)CC1)C2=O. The van der Waals surface area contributed by atoms with Crippen LogP contribution in [0.15, 0.2) is 0 Å². The summed E-state index contributed by atoms with van der Waals surface area (Å²) in [6.07, 6.45) is 0. The summed E-state index contributed by atoms with van der Waals surface area (Å²) in [4.78, 5) is 34.9. The summed E-state index contributed by atoms with van der Waals surface area (Å²) in [7, 11) is 2.08. The summed E-state index contributed by atoms with van der Waals surface area (Å²) in [5.74, 6) is -0.771. The molecule has 2 N–H and O–H groups in total. The molecule has 3 heterocycles. The van der Waals surface area contributed by atoms with Gasteiger partial charge in [-0.05, 0) is 14.0 Å². The van der Waals surface area contributed by atoms with E-state index in [0.29, 0.717) is 18.8 Å². The number of amides is 2. The number of pyridine rings is 1. The molecule has 0 bridgehead atoms. The van der Waals surface area contributed by atoms with Gasteiger partial charge in [0, 0.05) is 39.3 Å². The first-order valence-corrected chi connectivity index (χ1v) is 8.00. The zero-order valence-corrected chi connectivity index (χ0v) is 14.1. The third kappa shape index (κ3) is 2.80. The monoisotopic (exact) mass is 337 g/mol. The number of imide groups is 1. The van der Waals surface area contributed by atoms with Crippen molar-refractivity contribution in [3.05, 3.63) is 22.0 Å². The van der Waals surface area contributed by atoms with Crippen LogP contribution in [0.1, 0.15) is 26.4 Å². The van der Waals surface area contributed by atoms with Gasteiger partial charge in [-0.1, -0.05) is 11.6 Å². The Kier molecular flexibility index (Phi) is 4.27. The fourth-order valence-corrected chi connectivity index (χ4v) is 3.28. The average molecular weight is 338 g/mol. The molecule has 1 aromatic heterocycles. The Bertz CT molecular complexity index is 670. The van der Waals surface area contributed by atoms with Crippen molar-refractivity contribution < 1.29 is 9.59 Å². The number of carbonyl (C=O) groups is 2. The molecular weight excluding hydrogens is 318 g/mol. The van der Waals surface area contributed by atoms with Gasteiger partial charge >= 0.3 is 0 Å². The first-order chi connectivity index (χ1) is 10.9. The lowest BCUT2D eigenvalue weighted by Crippen LogP contribution is -2.47. The Balaban J connectivity index is 1.76. The van der Waals surface area contributed by atoms with E-state index in [9.17, 15) is 9.59 Å². The quantitative estimate of drug-likeness (QED) is 0.637. The number of nitrogens with zero attached hydrogens (tertiary/aromatic N) is 4. The van der Waals surface area contributed by atoms with Gasteiger partial charge in [0.05, 0.1) is 22.5 Å².